The molecular formula is C45H56N4O10S2. The number of aliphatic hydroxyl groups is 4. The first kappa shape index (κ1) is 46.2. The summed E-state index contributed by atoms with van der Waals surface area (Å²) in [5.41, 5.74) is 10.2. The second kappa shape index (κ2) is 19.8. The van der Waals surface area contributed by atoms with Crippen molar-refractivity contribution in [1.82, 2.24) is 19.9 Å². The number of hydrogen-bond donors (Lipinski definition) is 6. The number of ether oxygens (including phenoxy) is 3. The smallest absolute Gasteiger partial charge is 0.310 e. The summed E-state index contributed by atoms with van der Waals surface area (Å²) < 4.78 is 15.9. The van der Waals surface area contributed by atoms with Crippen LogP contribution in [0.2, 0.25) is 0 Å². The Kier molecular flexibility index (Phi) is 15.0. The number of allylic oxidation sites excluding steroid dienone is 1. The summed E-state index contributed by atoms with van der Waals surface area (Å²) in [5.74, 6) is -0.650. The minimum Gasteiger partial charge on any atom is -0.469 e. The summed E-state index contributed by atoms with van der Waals surface area (Å²) >= 11 is 2.32. The number of hydrogen-bond acceptors (Lipinski definition) is 14. The van der Waals surface area contributed by atoms with E-state index < -0.39 is 42.4 Å². The fourth-order valence-corrected chi connectivity index (χ4v) is 10.6. The van der Waals surface area contributed by atoms with Gasteiger partial charge in [0, 0.05) is 62.9 Å². The fraction of sp³-hybridized carbons (Fsp3) is 0.489. The number of esters is 2. The molecule has 0 amide bonds. The van der Waals surface area contributed by atoms with Gasteiger partial charge < -0.3 is 44.6 Å². The molecule has 1 saturated heterocycles. The molecule has 328 valence electrons. The molecule has 0 radical (unpaired) electrons. The van der Waals surface area contributed by atoms with Gasteiger partial charge in [0.25, 0.3) is 0 Å². The van der Waals surface area contributed by atoms with Crippen LogP contribution in [0.25, 0.3) is 39.3 Å². The molecule has 6 rings (SSSR count). The normalized spacial score (nSPS) is 22.6. The van der Waals surface area contributed by atoms with Gasteiger partial charge in [0.1, 0.15) is 29.9 Å². The predicted molar refractivity (Wildman–Crippen MR) is 239 cm³/mol. The monoisotopic (exact) mass is 876 g/mol. The Morgan fingerprint density at radius 1 is 0.902 bits per heavy atom. The maximum Gasteiger partial charge on any atom is 0.310 e. The molecule has 14 nitrogen and oxygen atoms in total. The number of carbonyl (C=O) groups excluding carboxylic acids is 3. The molecule has 0 aliphatic carbocycles. The van der Waals surface area contributed by atoms with Crippen molar-refractivity contribution in [2.24, 2.45) is 0 Å². The van der Waals surface area contributed by atoms with E-state index >= 15 is 0 Å². The summed E-state index contributed by atoms with van der Waals surface area (Å²) in [4.78, 5) is 58.1. The van der Waals surface area contributed by atoms with Crippen LogP contribution in [0.15, 0.2) is 24.8 Å². The number of methoxy groups -OCH3 is 2. The van der Waals surface area contributed by atoms with Gasteiger partial charge in [-0.05, 0) is 86.2 Å². The molecule has 6 N–H and O–H groups in total. The number of aromatic amines is 2. The molecule has 0 aromatic carbocycles. The lowest BCUT2D eigenvalue weighted by Crippen LogP contribution is -2.57. The number of carbonyl (C=O) groups is 3. The SMILES string of the molecule is C=Cc1c(C)c2cc3nc(c(CC(=O)OC)c4nc(cc5[nH]c(cc1[nH]2)c(C)c5CC)C(C)=C4C(=O)SCCCS[C@@H]1O[C@H](CO)[C@@H](O)[C@H](O)[C@H]1O)C(CCC(=O)OC)[C@@H]3C. The van der Waals surface area contributed by atoms with Crippen molar-refractivity contribution < 1.29 is 49.0 Å². The molecule has 0 saturated carbocycles. The quantitative estimate of drug-likeness (QED) is 0.0833. The van der Waals surface area contributed by atoms with Crippen LogP contribution in [0, 0.1) is 13.8 Å². The Morgan fingerprint density at radius 2 is 1.61 bits per heavy atom. The topological polar surface area (TPSA) is 217 Å². The van der Waals surface area contributed by atoms with E-state index in [1.807, 2.05) is 39.0 Å². The van der Waals surface area contributed by atoms with Gasteiger partial charge in [-0.25, -0.2) is 4.98 Å². The van der Waals surface area contributed by atoms with Crippen LogP contribution in [0.5, 0.6) is 0 Å². The maximum absolute atomic E-state index is 14.6. The van der Waals surface area contributed by atoms with Crippen LogP contribution in [0.3, 0.4) is 0 Å². The Morgan fingerprint density at radius 3 is 2.28 bits per heavy atom. The van der Waals surface area contributed by atoms with Gasteiger partial charge in [0.15, 0.2) is 0 Å². The van der Waals surface area contributed by atoms with Crippen molar-refractivity contribution in [3.05, 3.63) is 75.4 Å². The standard InChI is InChI=1S/C45H56N4O10S2/c1-9-25-21(3)29-17-31-23(5)27(12-13-36(51)57-7)39(48-31)28(16-37(52)58-8)40-38(44(56)60-14-11-15-61-45-43(55)42(54)41(53)35(20-50)59-45)24(6)32(49-40)19-34-26(10-2)22(4)30(47-34)18-33(25)46-29/h9,17-19,23,27,35,41-43,45-47,50,53-55H,1,10-16,20H2,2-8H3/t23-,27?,35+,41+,42-,43+,45-/m0/s1. The second-order valence-electron chi connectivity index (χ2n) is 15.6. The third-order valence-corrected chi connectivity index (χ3v) is 14.2. The molecule has 3 aromatic rings. The summed E-state index contributed by atoms with van der Waals surface area (Å²) in [6.07, 6.45) is -1.97. The van der Waals surface area contributed by atoms with Crippen LogP contribution >= 0.6 is 23.5 Å². The van der Waals surface area contributed by atoms with E-state index in [-0.39, 0.29) is 35.8 Å². The lowest BCUT2D eigenvalue weighted by atomic mass is 9.84. The lowest BCUT2D eigenvalue weighted by Gasteiger charge is -2.39. The molecule has 3 aliphatic heterocycles. The second-order valence-corrected chi connectivity index (χ2v) is 17.9. The van der Waals surface area contributed by atoms with E-state index in [0.717, 1.165) is 68.2 Å². The Labute approximate surface area is 363 Å². The largest absolute Gasteiger partial charge is 0.469 e. The zero-order valence-electron chi connectivity index (χ0n) is 35.7. The zero-order chi connectivity index (χ0) is 44.3. The third-order valence-electron chi connectivity index (χ3n) is 12.0. The summed E-state index contributed by atoms with van der Waals surface area (Å²) in [7, 11) is 2.65. The van der Waals surface area contributed by atoms with Crippen molar-refractivity contribution in [2.75, 3.05) is 32.3 Å². The average molecular weight is 877 g/mol. The van der Waals surface area contributed by atoms with E-state index in [9.17, 15) is 34.8 Å². The first-order valence-corrected chi connectivity index (χ1v) is 22.5. The molecule has 1 fully saturated rings. The van der Waals surface area contributed by atoms with Gasteiger partial charge in [-0.3, -0.25) is 19.4 Å². The van der Waals surface area contributed by atoms with Crippen LogP contribution in [0.1, 0.15) is 102 Å². The van der Waals surface area contributed by atoms with Crippen molar-refractivity contribution >= 4 is 79.9 Å². The number of nitrogens with zero attached hydrogens (tertiary/aromatic N) is 2. The van der Waals surface area contributed by atoms with Gasteiger partial charge in [0.05, 0.1) is 49.9 Å². The molecule has 61 heavy (non-hydrogen) atoms. The number of aliphatic hydroxyl groups excluding tert-OH is 4. The van der Waals surface area contributed by atoms with Crippen molar-refractivity contribution in [3.8, 4) is 0 Å². The highest BCUT2D eigenvalue weighted by molar-refractivity contribution is 8.14. The highest BCUT2D eigenvalue weighted by Crippen LogP contribution is 2.45. The van der Waals surface area contributed by atoms with Gasteiger partial charge in [-0.15, -0.1) is 11.8 Å². The minimum atomic E-state index is -1.47. The first-order valence-electron chi connectivity index (χ1n) is 20.5. The van der Waals surface area contributed by atoms with E-state index in [0.29, 0.717) is 58.1 Å². The Balaban J connectivity index is 1.51. The number of thioether (sulfide) groups is 2. The summed E-state index contributed by atoms with van der Waals surface area (Å²) in [6, 6.07) is 6.03. The highest BCUT2D eigenvalue weighted by atomic mass is 32.2. The molecule has 6 heterocycles. The Hall–Kier alpha value is -4.29. The summed E-state index contributed by atoms with van der Waals surface area (Å²) in [6.45, 7) is 13.7. The first-order chi connectivity index (χ1) is 29.2. The molecule has 7 atom stereocenters. The lowest BCUT2D eigenvalue weighted by molar-refractivity contribution is -0.205. The third kappa shape index (κ3) is 9.41. The van der Waals surface area contributed by atoms with E-state index in [1.165, 1.54) is 26.0 Å². The highest BCUT2D eigenvalue weighted by Gasteiger charge is 2.43. The molecule has 0 spiro atoms. The van der Waals surface area contributed by atoms with Crippen molar-refractivity contribution in [1.29, 1.82) is 0 Å². The zero-order valence-corrected chi connectivity index (χ0v) is 37.3. The number of rotatable bonds is 14. The maximum atomic E-state index is 14.6. The minimum absolute atomic E-state index is 0.105. The number of fused-ring (bicyclic) bond motifs is 8. The van der Waals surface area contributed by atoms with Crippen LogP contribution in [0.4, 0.5) is 0 Å². The number of nitrogens with one attached hydrogen (secondary N) is 2. The van der Waals surface area contributed by atoms with Crippen LogP contribution in [-0.2, 0) is 41.4 Å². The molecule has 3 aromatic heterocycles. The van der Waals surface area contributed by atoms with Gasteiger partial charge in [-0.1, -0.05) is 38.3 Å². The van der Waals surface area contributed by atoms with Gasteiger partial charge >= 0.3 is 11.9 Å². The molecular weight excluding hydrogens is 821 g/mol. The van der Waals surface area contributed by atoms with Crippen LogP contribution < -0.4 is 0 Å². The fourth-order valence-electron chi connectivity index (χ4n) is 8.38. The van der Waals surface area contributed by atoms with E-state index in [1.54, 1.807) is 0 Å². The van der Waals surface area contributed by atoms with E-state index in [4.69, 9.17) is 24.2 Å². The molecule has 3 aliphatic rings. The van der Waals surface area contributed by atoms with Crippen LogP contribution in [-0.4, -0.2) is 120 Å². The number of aryl methyl sites for hydroxylation is 3. The van der Waals surface area contributed by atoms with Gasteiger partial charge in [-0.2, -0.15) is 0 Å². The number of aromatic nitrogens is 4. The summed E-state index contributed by atoms with van der Waals surface area (Å²) in [5, 5.41) is 40.2. The predicted octanol–water partition coefficient (Wildman–Crippen LogP) is 5.81. The van der Waals surface area contributed by atoms with Gasteiger partial charge in [0.2, 0.25) is 5.12 Å². The van der Waals surface area contributed by atoms with Crippen molar-refractivity contribution in [3.63, 3.8) is 0 Å². The average Bonchev–Trinajstić information content (AvgIpc) is 3.93. The van der Waals surface area contributed by atoms with Crippen molar-refractivity contribution in [2.45, 2.75) is 108 Å². The molecule has 1 unspecified atom stereocenters. The Bertz CT molecular complexity index is 2390. The van der Waals surface area contributed by atoms with E-state index in [2.05, 4.69) is 36.5 Å². The molecule has 8 bridgehead atoms. The number of H-pyrrole nitrogens is 2. The molecule has 16 heteroatoms.